The van der Waals surface area contributed by atoms with Crippen LogP contribution in [0.5, 0.6) is 0 Å². The summed E-state index contributed by atoms with van der Waals surface area (Å²) >= 11 is 5.92. The Hall–Kier alpha value is -2.52. The lowest BCUT2D eigenvalue weighted by Crippen LogP contribution is -2.20. The summed E-state index contributed by atoms with van der Waals surface area (Å²) in [6, 6.07) is 5.67. The molecule has 6 nitrogen and oxygen atoms in total. The van der Waals surface area contributed by atoms with Crippen LogP contribution in [-0.2, 0) is 11.8 Å². The summed E-state index contributed by atoms with van der Waals surface area (Å²) in [5.74, 6) is -1.03. The summed E-state index contributed by atoms with van der Waals surface area (Å²) in [5.41, 5.74) is 1.39. The zero-order valence-corrected chi connectivity index (χ0v) is 11.3. The third-order valence-corrected chi connectivity index (χ3v) is 3.02. The highest BCUT2D eigenvalue weighted by Gasteiger charge is 2.21. The van der Waals surface area contributed by atoms with Crippen LogP contribution in [0.3, 0.4) is 0 Å². The first-order valence-corrected chi connectivity index (χ1v) is 6.06. The van der Waals surface area contributed by atoms with Gasteiger partial charge >= 0.3 is 5.97 Å². The van der Waals surface area contributed by atoms with Crippen LogP contribution in [0.2, 0.25) is 5.02 Å². The van der Waals surface area contributed by atoms with E-state index in [0.717, 1.165) is 0 Å². The first-order chi connectivity index (χ1) is 9.51. The number of rotatable bonds is 4. The zero-order chi connectivity index (χ0) is 14.7. The molecule has 7 heteroatoms. The Morgan fingerprint density at radius 1 is 1.60 bits per heavy atom. The Balaban J connectivity index is 2.28. The van der Waals surface area contributed by atoms with Crippen LogP contribution in [0.4, 0.5) is 5.69 Å². The number of carboxylic acids is 1. The second kappa shape index (κ2) is 5.63. The number of benzene rings is 1. The van der Waals surface area contributed by atoms with E-state index in [-0.39, 0.29) is 5.02 Å². The third kappa shape index (κ3) is 2.90. The number of carboxylic acid groups (broad SMARTS) is 1. The fourth-order valence-electron chi connectivity index (χ4n) is 1.74. The van der Waals surface area contributed by atoms with Gasteiger partial charge in [-0.05, 0) is 18.2 Å². The molecule has 2 rings (SSSR count). The van der Waals surface area contributed by atoms with Crippen LogP contribution in [0, 0.1) is 11.3 Å². The van der Waals surface area contributed by atoms with Crippen molar-refractivity contribution >= 4 is 23.3 Å². The van der Waals surface area contributed by atoms with Gasteiger partial charge in [-0.15, -0.1) is 0 Å². The number of hydrogen-bond donors (Lipinski definition) is 2. The van der Waals surface area contributed by atoms with Crippen molar-refractivity contribution in [2.75, 3.05) is 5.32 Å². The molecule has 0 aliphatic carbocycles. The minimum Gasteiger partial charge on any atom is -0.479 e. The van der Waals surface area contributed by atoms with Gasteiger partial charge in [0, 0.05) is 24.5 Å². The highest BCUT2D eigenvalue weighted by Crippen LogP contribution is 2.24. The van der Waals surface area contributed by atoms with E-state index in [0.29, 0.717) is 16.8 Å². The lowest BCUT2D eigenvalue weighted by atomic mass is 10.1. The van der Waals surface area contributed by atoms with E-state index in [1.807, 2.05) is 6.07 Å². The molecule has 0 saturated heterocycles. The summed E-state index contributed by atoms with van der Waals surface area (Å²) in [6.45, 7) is 0. The predicted molar refractivity (Wildman–Crippen MR) is 73.4 cm³/mol. The lowest BCUT2D eigenvalue weighted by molar-refractivity contribution is -0.138. The van der Waals surface area contributed by atoms with Gasteiger partial charge in [-0.3, -0.25) is 4.68 Å². The van der Waals surface area contributed by atoms with E-state index in [1.54, 1.807) is 19.3 Å². The molecule has 2 aromatic rings. The molecule has 0 fully saturated rings. The first-order valence-electron chi connectivity index (χ1n) is 5.69. The molecule has 0 amide bonds. The summed E-state index contributed by atoms with van der Waals surface area (Å²) in [5, 5.41) is 25.2. The van der Waals surface area contributed by atoms with Crippen LogP contribution in [-0.4, -0.2) is 20.9 Å². The highest BCUT2D eigenvalue weighted by molar-refractivity contribution is 6.32. The largest absolute Gasteiger partial charge is 0.479 e. The van der Waals surface area contributed by atoms with E-state index in [1.165, 1.54) is 23.0 Å². The van der Waals surface area contributed by atoms with Crippen molar-refractivity contribution in [3.05, 3.63) is 46.7 Å². The van der Waals surface area contributed by atoms with Gasteiger partial charge in [0.05, 0.1) is 16.8 Å². The standard InChI is InChI=1S/C13H11ClN4O2/c1-18-7-9(6-16-18)12(13(19)20)17-10-3-2-8(5-15)11(14)4-10/h2-4,6-7,12,17H,1H3,(H,19,20). The fourth-order valence-corrected chi connectivity index (χ4v) is 1.96. The van der Waals surface area contributed by atoms with Gasteiger partial charge in [0.25, 0.3) is 0 Å². The molecule has 0 radical (unpaired) electrons. The van der Waals surface area contributed by atoms with E-state index in [4.69, 9.17) is 16.9 Å². The Morgan fingerprint density at radius 2 is 2.35 bits per heavy atom. The molecular formula is C13H11ClN4O2. The van der Waals surface area contributed by atoms with Gasteiger partial charge in [-0.25, -0.2) is 4.79 Å². The Kier molecular flexibility index (Phi) is 3.91. The molecule has 1 aromatic heterocycles. The molecule has 1 heterocycles. The zero-order valence-electron chi connectivity index (χ0n) is 10.5. The predicted octanol–water partition coefficient (Wildman–Crippen LogP) is 2.18. The molecule has 0 aliphatic heterocycles. The van der Waals surface area contributed by atoms with Crippen molar-refractivity contribution in [1.29, 1.82) is 5.26 Å². The van der Waals surface area contributed by atoms with Crippen LogP contribution in [0.25, 0.3) is 0 Å². The summed E-state index contributed by atoms with van der Waals surface area (Å²) < 4.78 is 1.53. The Bertz CT molecular complexity index is 690. The molecule has 0 spiro atoms. The minimum atomic E-state index is -1.03. The van der Waals surface area contributed by atoms with Crippen molar-refractivity contribution < 1.29 is 9.90 Å². The summed E-state index contributed by atoms with van der Waals surface area (Å²) in [7, 11) is 1.71. The minimum absolute atomic E-state index is 0.271. The molecule has 102 valence electrons. The quantitative estimate of drug-likeness (QED) is 0.900. The van der Waals surface area contributed by atoms with Gasteiger partial charge in [0.2, 0.25) is 0 Å². The van der Waals surface area contributed by atoms with Gasteiger partial charge < -0.3 is 10.4 Å². The number of aryl methyl sites for hydroxylation is 1. The smallest absolute Gasteiger partial charge is 0.330 e. The number of halogens is 1. The van der Waals surface area contributed by atoms with Crippen LogP contribution in [0.1, 0.15) is 17.2 Å². The normalized spacial score (nSPS) is 11.7. The van der Waals surface area contributed by atoms with Crippen molar-refractivity contribution in [2.24, 2.45) is 7.05 Å². The van der Waals surface area contributed by atoms with Gasteiger partial charge in [0.1, 0.15) is 6.07 Å². The number of hydrogen-bond acceptors (Lipinski definition) is 4. The first kappa shape index (κ1) is 13.9. The monoisotopic (exact) mass is 290 g/mol. The number of nitrogens with zero attached hydrogens (tertiary/aromatic N) is 3. The van der Waals surface area contributed by atoms with Crippen molar-refractivity contribution in [1.82, 2.24) is 9.78 Å². The molecular weight excluding hydrogens is 280 g/mol. The van der Waals surface area contributed by atoms with Crippen LogP contribution in [0.15, 0.2) is 30.6 Å². The topological polar surface area (TPSA) is 90.9 Å². The molecule has 0 bridgehead atoms. The number of nitrogens with one attached hydrogen (secondary N) is 1. The molecule has 1 unspecified atom stereocenters. The van der Waals surface area contributed by atoms with Crippen molar-refractivity contribution in [3.8, 4) is 6.07 Å². The fraction of sp³-hybridized carbons (Fsp3) is 0.154. The molecule has 2 N–H and O–H groups in total. The summed E-state index contributed by atoms with van der Waals surface area (Å²) in [4.78, 5) is 11.3. The summed E-state index contributed by atoms with van der Waals surface area (Å²) in [6.07, 6.45) is 3.11. The highest BCUT2D eigenvalue weighted by atomic mass is 35.5. The number of aliphatic carboxylic acids is 1. The van der Waals surface area contributed by atoms with E-state index in [9.17, 15) is 9.90 Å². The van der Waals surface area contributed by atoms with Crippen molar-refractivity contribution in [3.63, 3.8) is 0 Å². The van der Waals surface area contributed by atoms with E-state index >= 15 is 0 Å². The van der Waals surface area contributed by atoms with E-state index in [2.05, 4.69) is 10.4 Å². The molecule has 0 saturated carbocycles. The molecule has 1 aromatic carbocycles. The maximum atomic E-state index is 11.3. The lowest BCUT2D eigenvalue weighted by Gasteiger charge is -2.14. The SMILES string of the molecule is Cn1cc(C(Nc2ccc(C#N)c(Cl)c2)C(=O)O)cn1. The molecule has 20 heavy (non-hydrogen) atoms. The molecule has 1 atom stereocenters. The van der Waals surface area contributed by atoms with E-state index < -0.39 is 12.0 Å². The van der Waals surface area contributed by atoms with Gasteiger partial charge in [-0.2, -0.15) is 10.4 Å². The van der Waals surface area contributed by atoms with Crippen LogP contribution < -0.4 is 5.32 Å². The Morgan fingerprint density at radius 3 is 2.85 bits per heavy atom. The number of nitriles is 1. The average Bonchev–Trinajstić information content (AvgIpc) is 2.82. The Labute approximate surface area is 120 Å². The average molecular weight is 291 g/mol. The second-order valence-electron chi connectivity index (χ2n) is 4.17. The second-order valence-corrected chi connectivity index (χ2v) is 4.58. The van der Waals surface area contributed by atoms with Crippen molar-refractivity contribution in [2.45, 2.75) is 6.04 Å². The number of carbonyl (C=O) groups is 1. The maximum Gasteiger partial charge on any atom is 0.330 e. The third-order valence-electron chi connectivity index (χ3n) is 2.71. The maximum absolute atomic E-state index is 11.3. The van der Waals surface area contributed by atoms with Gasteiger partial charge in [0.15, 0.2) is 6.04 Å². The van der Waals surface area contributed by atoms with Crippen LogP contribution >= 0.6 is 11.6 Å². The number of aromatic nitrogens is 2. The number of anilines is 1. The van der Waals surface area contributed by atoms with Gasteiger partial charge in [-0.1, -0.05) is 11.6 Å². The molecule has 0 aliphatic rings.